The smallest absolute Gasteiger partial charge is 0.303 e. The molecule has 1 aliphatic rings. The van der Waals surface area contributed by atoms with Crippen molar-refractivity contribution in [2.75, 3.05) is 0 Å². The zero-order valence-electron chi connectivity index (χ0n) is 10.2. The first-order valence-corrected chi connectivity index (χ1v) is 5.81. The lowest BCUT2D eigenvalue weighted by Gasteiger charge is -2.34. The Bertz CT molecular complexity index is 274. The van der Waals surface area contributed by atoms with Crippen LogP contribution in [0.15, 0.2) is 0 Å². The van der Waals surface area contributed by atoms with Gasteiger partial charge in [-0.25, -0.2) is 0 Å². The van der Waals surface area contributed by atoms with Gasteiger partial charge in [-0.15, -0.1) is 0 Å². The van der Waals surface area contributed by atoms with Gasteiger partial charge in [0.2, 0.25) is 0 Å². The number of carbonyl (C=O) groups excluding carboxylic acids is 2. The molecule has 0 aromatic rings. The van der Waals surface area contributed by atoms with Crippen LogP contribution in [0.3, 0.4) is 0 Å². The summed E-state index contributed by atoms with van der Waals surface area (Å²) in [5.74, 6) is -0.633. The number of hydrogen-bond acceptors (Lipinski definition) is 4. The van der Waals surface area contributed by atoms with Crippen LogP contribution in [-0.4, -0.2) is 23.6 Å². The molecule has 0 N–H and O–H groups in total. The molecule has 92 valence electrons. The van der Waals surface area contributed by atoms with Crippen LogP contribution in [-0.2, 0) is 19.1 Å². The molecule has 2 atom stereocenters. The second-order valence-electron chi connectivity index (χ2n) is 4.60. The Morgan fingerprint density at radius 2 is 1.81 bits per heavy atom. The van der Waals surface area contributed by atoms with Gasteiger partial charge >= 0.3 is 11.9 Å². The second kappa shape index (κ2) is 5.32. The van der Waals surface area contributed by atoms with Crippen molar-refractivity contribution in [1.29, 1.82) is 0 Å². The van der Waals surface area contributed by atoms with Crippen molar-refractivity contribution in [2.24, 2.45) is 0 Å². The van der Waals surface area contributed by atoms with Gasteiger partial charge < -0.3 is 9.47 Å². The fraction of sp³-hybridized carbons (Fsp3) is 0.833. The van der Waals surface area contributed by atoms with Gasteiger partial charge in [-0.3, -0.25) is 9.59 Å². The summed E-state index contributed by atoms with van der Waals surface area (Å²) >= 11 is 0. The minimum atomic E-state index is -0.659. The van der Waals surface area contributed by atoms with Crippen molar-refractivity contribution >= 4 is 11.9 Å². The van der Waals surface area contributed by atoms with E-state index in [0.29, 0.717) is 0 Å². The van der Waals surface area contributed by atoms with E-state index in [0.717, 1.165) is 32.1 Å². The minimum absolute atomic E-state index is 0.309. The van der Waals surface area contributed by atoms with Gasteiger partial charge in [0.05, 0.1) is 0 Å². The van der Waals surface area contributed by atoms with Gasteiger partial charge in [-0.2, -0.15) is 0 Å². The summed E-state index contributed by atoms with van der Waals surface area (Å²) in [6.07, 6.45) is 4.31. The minimum Gasteiger partial charge on any atom is -0.458 e. The van der Waals surface area contributed by atoms with Crippen molar-refractivity contribution in [2.45, 2.75) is 64.6 Å². The van der Waals surface area contributed by atoms with Crippen LogP contribution >= 0.6 is 0 Å². The van der Waals surface area contributed by atoms with E-state index in [1.807, 2.05) is 6.92 Å². The third-order valence-electron chi connectivity index (χ3n) is 3.01. The van der Waals surface area contributed by atoms with Crippen molar-refractivity contribution in [1.82, 2.24) is 0 Å². The molecule has 0 bridgehead atoms. The Morgan fingerprint density at radius 3 is 2.38 bits per heavy atom. The summed E-state index contributed by atoms with van der Waals surface area (Å²) in [4.78, 5) is 22.1. The van der Waals surface area contributed by atoms with Crippen molar-refractivity contribution in [3.05, 3.63) is 0 Å². The van der Waals surface area contributed by atoms with Gasteiger partial charge in [0.1, 0.15) is 11.7 Å². The summed E-state index contributed by atoms with van der Waals surface area (Å²) in [6.45, 7) is 4.63. The van der Waals surface area contributed by atoms with Gasteiger partial charge in [-0.05, 0) is 32.6 Å². The number of carbonyl (C=O) groups is 2. The zero-order chi connectivity index (χ0) is 12.2. The van der Waals surface area contributed by atoms with E-state index in [-0.39, 0.29) is 18.0 Å². The molecule has 1 saturated carbocycles. The van der Waals surface area contributed by atoms with E-state index >= 15 is 0 Å². The van der Waals surface area contributed by atoms with E-state index in [2.05, 4.69) is 0 Å². The van der Waals surface area contributed by atoms with E-state index in [9.17, 15) is 9.59 Å². The summed E-state index contributed by atoms with van der Waals surface area (Å²) in [5, 5.41) is 0. The fourth-order valence-corrected chi connectivity index (χ4v) is 2.28. The molecule has 4 heteroatoms. The molecule has 1 rings (SSSR count). The molecule has 0 amide bonds. The van der Waals surface area contributed by atoms with Crippen molar-refractivity contribution < 1.29 is 19.1 Å². The molecule has 0 aliphatic heterocycles. The quantitative estimate of drug-likeness (QED) is 0.537. The first-order chi connectivity index (χ1) is 7.44. The third kappa shape index (κ3) is 3.51. The van der Waals surface area contributed by atoms with Gasteiger partial charge in [0, 0.05) is 13.8 Å². The van der Waals surface area contributed by atoms with Crippen LogP contribution in [0.1, 0.15) is 52.9 Å². The molecule has 4 nitrogen and oxygen atoms in total. The van der Waals surface area contributed by atoms with Gasteiger partial charge in [-0.1, -0.05) is 6.42 Å². The summed E-state index contributed by atoms with van der Waals surface area (Å²) < 4.78 is 10.6. The number of hydrogen-bond donors (Lipinski definition) is 0. The Hall–Kier alpha value is -1.06. The molecular weight excluding hydrogens is 208 g/mol. The Kier molecular flexibility index (Phi) is 4.33. The molecule has 0 unspecified atom stereocenters. The van der Waals surface area contributed by atoms with Crippen LogP contribution in [0, 0.1) is 0 Å². The van der Waals surface area contributed by atoms with Crippen LogP contribution in [0.5, 0.6) is 0 Å². The molecule has 1 fully saturated rings. The first-order valence-electron chi connectivity index (χ1n) is 5.81. The monoisotopic (exact) mass is 228 g/mol. The molecule has 0 spiro atoms. The van der Waals surface area contributed by atoms with Gasteiger partial charge in [0.25, 0.3) is 0 Å². The maximum atomic E-state index is 11.1. The van der Waals surface area contributed by atoms with Crippen LogP contribution in [0.25, 0.3) is 0 Å². The average Bonchev–Trinajstić information content (AvgIpc) is 2.28. The summed E-state index contributed by atoms with van der Waals surface area (Å²) in [7, 11) is 0. The lowest BCUT2D eigenvalue weighted by atomic mass is 9.93. The lowest BCUT2D eigenvalue weighted by Crippen LogP contribution is -2.44. The number of ether oxygens (including phenoxy) is 2. The molecule has 1 aliphatic carbocycles. The first kappa shape index (κ1) is 13.0. The van der Waals surface area contributed by atoms with E-state index in [1.54, 1.807) is 0 Å². The predicted molar refractivity (Wildman–Crippen MR) is 58.8 cm³/mol. The van der Waals surface area contributed by atoms with E-state index in [1.165, 1.54) is 13.8 Å². The maximum Gasteiger partial charge on any atom is 0.303 e. The highest BCUT2D eigenvalue weighted by Gasteiger charge is 2.40. The van der Waals surface area contributed by atoms with Crippen LogP contribution < -0.4 is 0 Å². The van der Waals surface area contributed by atoms with Gasteiger partial charge in [0.15, 0.2) is 0 Å². The van der Waals surface area contributed by atoms with E-state index < -0.39 is 5.60 Å². The average molecular weight is 228 g/mol. The largest absolute Gasteiger partial charge is 0.458 e. The second-order valence-corrected chi connectivity index (χ2v) is 4.60. The Balaban J connectivity index is 2.78. The van der Waals surface area contributed by atoms with E-state index in [4.69, 9.17) is 9.47 Å². The standard InChI is InChI=1S/C12H20O4/c1-9(13)15-11-7-5-4-6-8-12(11,3)16-10(2)14/h11H,4-8H2,1-3H3/t11-,12+/m0/s1. The number of esters is 2. The molecule has 0 heterocycles. The van der Waals surface area contributed by atoms with Crippen LogP contribution in [0.2, 0.25) is 0 Å². The van der Waals surface area contributed by atoms with Crippen molar-refractivity contribution in [3.8, 4) is 0 Å². The highest BCUT2D eigenvalue weighted by molar-refractivity contribution is 5.67. The summed E-state index contributed by atoms with van der Waals surface area (Å²) in [5.41, 5.74) is -0.659. The fourth-order valence-electron chi connectivity index (χ4n) is 2.28. The van der Waals surface area contributed by atoms with Crippen molar-refractivity contribution in [3.63, 3.8) is 0 Å². The maximum absolute atomic E-state index is 11.1. The molecule has 16 heavy (non-hydrogen) atoms. The molecular formula is C12H20O4. The normalized spacial score (nSPS) is 30.3. The zero-order valence-corrected chi connectivity index (χ0v) is 10.2. The van der Waals surface area contributed by atoms with Crippen LogP contribution in [0.4, 0.5) is 0 Å². The SMILES string of the molecule is CC(=O)O[C@H]1CCCCC[C@@]1(C)OC(C)=O. The third-order valence-corrected chi connectivity index (χ3v) is 3.01. The predicted octanol–water partition coefficient (Wildman–Crippen LogP) is 2.20. The molecule has 0 radical (unpaired) electrons. The molecule has 0 aromatic carbocycles. The molecule has 0 aromatic heterocycles. The Morgan fingerprint density at radius 1 is 1.12 bits per heavy atom. The Labute approximate surface area is 96.3 Å². The number of rotatable bonds is 2. The topological polar surface area (TPSA) is 52.6 Å². The lowest BCUT2D eigenvalue weighted by molar-refractivity contribution is -0.182. The highest BCUT2D eigenvalue weighted by atomic mass is 16.6. The highest BCUT2D eigenvalue weighted by Crippen LogP contribution is 2.32. The molecule has 0 saturated heterocycles. The summed E-state index contributed by atoms with van der Waals surface area (Å²) in [6, 6.07) is 0.